The molecule has 2 heteroatoms. The Morgan fingerprint density at radius 1 is 1.62 bits per heavy atom. The molecule has 2 aliphatic carbocycles. The molecule has 3 rings (SSSR count). The summed E-state index contributed by atoms with van der Waals surface area (Å²) in [6.45, 7) is 0. The minimum atomic E-state index is 0.518. The quantitative estimate of drug-likeness (QED) is 0.688. The van der Waals surface area contributed by atoms with Crippen LogP contribution in [-0.2, 0) is 11.8 Å². The van der Waals surface area contributed by atoms with Gasteiger partial charge >= 0.3 is 0 Å². The molecule has 1 fully saturated rings. The molecule has 1 saturated carbocycles. The molecule has 1 heterocycles. The van der Waals surface area contributed by atoms with Crippen molar-refractivity contribution in [3.05, 3.63) is 23.7 Å². The van der Waals surface area contributed by atoms with Crippen molar-refractivity contribution in [1.29, 1.82) is 0 Å². The average molecular weight is 241 g/mol. The summed E-state index contributed by atoms with van der Waals surface area (Å²) in [5.41, 5.74) is 2.03. The van der Waals surface area contributed by atoms with Gasteiger partial charge < -0.3 is 4.42 Å². The van der Waals surface area contributed by atoms with Gasteiger partial charge in [0, 0.05) is 17.2 Å². The lowest BCUT2D eigenvalue weighted by atomic mass is 9.83. The maximum absolute atomic E-state index is 5.51. The van der Waals surface area contributed by atoms with E-state index >= 15 is 0 Å². The summed E-state index contributed by atoms with van der Waals surface area (Å²) < 4.78 is 5.51. The van der Waals surface area contributed by atoms with Gasteiger partial charge in [-0.3, -0.25) is 0 Å². The van der Waals surface area contributed by atoms with E-state index in [4.69, 9.17) is 4.42 Å². The third-order valence-corrected chi connectivity index (χ3v) is 4.51. The van der Waals surface area contributed by atoms with Crippen molar-refractivity contribution >= 4 is 15.9 Å². The topological polar surface area (TPSA) is 13.1 Å². The third kappa shape index (κ3) is 0.983. The predicted molar refractivity (Wildman–Crippen MR) is 55.2 cm³/mol. The fourth-order valence-corrected chi connectivity index (χ4v) is 3.74. The lowest BCUT2D eigenvalue weighted by Gasteiger charge is -2.21. The van der Waals surface area contributed by atoms with Gasteiger partial charge in [0.15, 0.2) is 0 Å². The minimum Gasteiger partial charge on any atom is -0.469 e. The van der Waals surface area contributed by atoms with Crippen LogP contribution in [0.1, 0.15) is 30.6 Å². The monoisotopic (exact) mass is 240 g/mol. The summed E-state index contributed by atoms with van der Waals surface area (Å²) in [6.07, 6.45) is 7.06. The van der Waals surface area contributed by atoms with E-state index in [9.17, 15) is 0 Å². The van der Waals surface area contributed by atoms with Crippen LogP contribution in [0.15, 0.2) is 16.7 Å². The molecule has 1 aromatic rings. The van der Waals surface area contributed by atoms with Crippen molar-refractivity contribution in [2.75, 3.05) is 5.33 Å². The Hall–Kier alpha value is -0.240. The highest BCUT2D eigenvalue weighted by Crippen LogP contribution is 2.60. The number of aryl methyl sites for hydroxylation is 1. The van der Waals surface area contributed by atoms with Crippen molar-refractivity contribution in [1.82, 2.24) is 0 Å². The Labute approximate surface area is 86.6 Å². The van der Waals surface area contributed by atoms with Crippen LogP contribution in [0.5, 0.6) is 0 Å². The summed E-state index contributed by atoms with van der Waals surface area (Å²) in [7, 11) is 0. The van der Waals surface area contributed by atoms with E-state index in [0.29, 0.717) is 5.41 Å². The molecule has 1 nitrogen and oxygen atoms in total. The van der Waals surface area contributed by atoms with Crippen molar-refractivity contribution in [2.45, 2.75) is 31.1 Å². The molecular weight excluding hydrogens is 228 g/mol. The Morgan fingerprint density at radius 3 is 3.31 bits per heavy atom. The summed E-state index contributed by atoms with van der Waals surface area (Å²) in [6, 6.07) is 2.19. The van der Waals surface area contributed by atoms with Crippen molar-refractivity contribution in [3.63, 3.8) is 0 Å². The van der Waals surface area contributed by atoms with Crippen LogP contribution >= 0.6 is 15.9 Å². The number of furan rings is 1. The van der Waals surface area contributed by atoms with E-state index in [2.05, 4.69) is 22.0 Å². The van der Waals surface area contributed by atoms with E-state index in [0.717, 1.165) is 17.7 Å². The van der Waals surface area contributed by atoms with E-state index in [-0.39, 0.29) is 0 Å². The van der Waals surface area contributed by atoms with Crippen molar-refractivity contribution in [3.8, 4) is 0 Å². The van der Waals surface area contributed by atoms with Crippen LogP contribution in [-0.4, -0.2) is 5.33 Å². The molecule has 70 valence electrons. The van der Waals surface area contributed by atoms with Gasteiger partial charge in [0.2, 0.25) is 0 Å². The molecule has 2 aliphatic rings. The molecule has 0 radical (unpaired) electrons. The maximum atomic E-state index is 5.51. The Morgan fingerprint density at radius 2 is 2.54 bits per heavy atom. The van der Waals surface area contributed by atoms with Gasteiger partial charge in [-0.1, -0.05) is 15.9 Å². The number of hydrogen-bond donors (Lipinski definition) is 0. The molecule has 0 amide bonds. The first-order valence-corrected chi connectivity index (χ1v) is 6.12. The molecule has 0 saturated heterocycles. The Bertz CT molecular complexity index is 331. The van der Waals surface area contributed by atoms with E-state index in [1.807, 2.05) is 6.26 Å². The average Bonchev–Trinajstić information content (AvgIpc) is 2.61. The SMILES string of the molecule is BrCC1CC12CCCc1occc12. The van der Waals surface area contributed by atoms with Crippen molar-refractivity contribution in [2.24, 2.45) is 5.92 Å². The van der Waals surface area contributed by atoms with Crippen LogP contribution < -0.4 is 0 Å². The molecule has 2 atom stereocenters. The predicted octanol–water partition coefficient (Wildman–Crippen LogP) is 3.27. The molecular formula is C11H13BrO. The summed E-state index contributed by atoms with van der Waals surface area (Å²) in [5, 5.41) is 1.15. The molecule has 0 N–H and O–H groups in total. The van der Waals surface area contributed by atoms with Gasteiger partial charge in [-0.05, 0) is 36.8 Å². The normalized spacial score (nSPS) is 36.2. The fourth-order valence-electron chi connectivity index (χ4n) is 2.90. The molecule has 0 aliphatic heterocycles. The highest BCUT2D eigenvalue weighted by molar-refractivity contribution is 9.09. The van der Waals surface area contributed by atoms with E-state index < -0.39 is 0 Å². The van der Waals surface area contributed by atoms with Crippen LogP contribution in [0.2, 0.25) is 0 Å². The summed E-state index contributed by atoms with van der Waals surface area (Å²) >= 11 is 3.60. The maximum Gasteiger partial charge on any atom is 0.107 e. The molecule has 0 bridgehead atoms. The van der Waals surface area contributed by atoms with Gasteiger partial charge in [0.25, 0.3) is 0 Å². The van der Waals surface area contributed by atoms with Crippen molar-refractivity contribution < 1.29 is 4.42 Å². The van der Waals surface area contributed by atoms with Crippen LogP contribution in [0, 0.1) is 5.92 Å². The van der Waals surface area contributed by atoms with E-state index in [1.54, 1.807) is 0 Å². The number of rotatable bonds is 1. The Balaban J connectivity index is 2.02. The van der Waals surface area contributed by atoms with Gasteiger partial charge in [0.1, 0.15) is 5.76 Å². The lowest BCUT2D eigenvalue weighted by molar-refractivity contribution is 0.431. The largest absolute Gasteiger partial charge is 0.469 e. The van der Waals surface area contributed by atoms with Crippen LogP contribution in [0.3, 0.4) is 0 Å². The van der Waals surface area contributed by atoms with Gasteiger partial charge in [-0.15, -0.1) is 0 Å². The summed E-state index contributed by atoms with van der Waals surface area (Å²) in [4.78, 5) is 0. The molecule has 2 unspecified atom stereocenters. The first-order chi connectivity index (χ1) is 6.37. The second-order valence-electron chi connectivity index (χ2n) is 4.32. The third-order valence-electron chi connectivity index (χ3n) is 3.73. The minimum absolute atomic E-state index is 0.518. The summed E-state index contributed by atoms with van der Waals surface area (Å²) in [5.74, 6) is 2.12. The number of alkyl halides is 1. The highest BCUT2D eigenvalue weighted by atomic mass is 79.9. The first kappa shape index (κ1) is 8.10. The zero-order valence-corrected chi connectivity index (χ0v) is 9.14. The van der Waals surface area contributed by atoms with Gasteiger partial charge in [-0.2, -0.15) is 0 Å². The number of hydrogen-bond acceptors (Lipinski definition) is 1. The van der Waals surface area contributed by atoms with Gasteiger partial charge in [0.05, 0.1) is 6.26 Å². The second kappa shape index (κ2) is 2.63. The smallest absolute Gasteiger partial charge is 0.107 e. The number of halogens is 1. The molecule has 0 aromatic carbocycles. The van der Waals surface area contributed by atoms with E-state index in [1.165, 1.54) is 30.6 Å². The molecule has 1 aromatic heterocycles. The first-order valence-electron chi connectivity index (χ1n) is 4.99. The van der Waals surface area contributed by atoms with Crippen LogP contribution in [0.4, 0.5) is 0 Å². The van der Waals surface area contributed by atoms with Gasteiger partial charge in [-0.25, -0.2) is 0 Å². The molecule has 1 spiro atoms. The highest BCUT2D eigenvalue weighted by Gasteiger charge is 2.56. The zero-order valence-electron chi connectivity index (χ0n) is 7.55. The zero-order chi connectivity index (χ0) is 8.89. The standard InChI is InChI=1S/C11H13BrO/c12-7-8-6-11(8)4-1-2-10-9(11)3-5-13-10/h3,5,8H,1-2,4,6-7H2. The molecule has 13 heavy (non-hydrogen) atoms. The van der Waals surface area contributed by atoms with Crippen LogP contribution in [0.25, 0.3) is 0 Å². The lowest BCUT2D eigenvalue weighted by Crippen LogP contribution is -2.17. The Kier molecular flexibility index (Phi) is 1.64. The number of fused-ring (bicyclic) bond motifs is 2. The second-order valence-corrected chi connectivity index (χ2v) is 4.97. The fraction of sp³-hybridized carbons (Fsp3) is 0.636.